The molecule has 0 spiro atoms. The lowest BCUT2D eigenvalue weighted by Crippen LogP contribution is -2.19. The van der Waals surface area contributed by atoms with Gasteiger partial charge in [0.1, 0.15) is 11.3 Å². The van der Waals surface area contributed by atoms with Crippen molar-refractivity contribution in [3.05, 3.63) is 29.4 Å². The Bertz CT molecular complexity index is 543. The number of pyridine rings is 1. The number of methoxy groups -OCH3 is 1. The maximum absolute atomic E-state index is 11.9. The van der Waals surface area contributed by atoms with Gasteiger partial charge in [0.25, 0.3) is 5.91 Å². The molecule has 0 bridgehead atoms. The largest absolute Gasteiger partial charge is 0.380 e. The average Bonchev–Trinajstić information content (AvgIpc) is 2.98. The van der Waals surface area contributed by atoms with Gasteiger partial charge >= 0.3 is 0 Å². The summed E-state index contributed by atoms with van der Waals surface area (Å²) in [4.78, 5) is 16.1. The van der Waals surface area contributed by atoms with E-state index in [0.717, 1.165) is 0 Å². The summed E-state index contributed by atoms with van der Waals surface area (Å²) < 4.78 is 5.13. The number of amides is 1. The van der Waals surface area contributed by atoms with E-state index in [1.165, 1.54) is 17.5 Å². The molecule has 1 unspecified atom stereocenters. The molecular formula is C12H15N5O2S. The fourth-order valence-electron chi connectivity index (χ4n) is 1.36. The summed E-state index contributed by atoms with van der Waals surface area (Å²) >= 11 is 1.26. The maximum atomic E-state index is 11.9. The van der Waals surface area contributed by atoms with Gasteiger partial charge in [-0.2, -0.15) is 0 Å². The predicted octanol–water partition coefficient (Wildman–Crippen LogP) is 1.63. The first-order valence-electron chi connectivity index (χ1n) is 5.99. The smallest absolute Gasteiger partial charge is 0.259 e. The minimum atomic E-state index is -0.258. The highest BCUT2D eigenvalue weighted by Gasteiger charge is 2.08. The number of carbonyl (C=O) groups excluding carboxylic acids is 1. The quantitative estimate of drug-likeness (QED) is 0.841. The summed E-state index contributed by atoms with van der Waals surface area (Å²) in [7, 11) is 1.65. The van der Waals surface area contributed by atoms with E-state index in [0.29, 0.717) is 23.1 Å². The van der Waals surface area contributed by atoms with Gasteiger partial charge in [0.05, 0.1) is 11.7 Å². The van der Waals surface area contributed by atoms with Crippen LogP contribution in [0.15, 0.2) is 23.8 Å². The standard InChI is InChI=1S/C12H15N5O2S/c1-8(19-2)5-13-10-4-3-9(6-14-10)11(18)16-12-17-15-7-20-12/h3-4,6-8H,5H2,1-2H3,(H,13,14)(H,16,17,18). The number of rotatable bonds is 6. The topological polar surface area (TPSA) is 89.0 Å². The Labute approximate surface area is 120 Å². The minimum Gasteiger partial charge on any atom is -0.380 e. The van der Waals surface area contributed by atoms with Gasteiger partial charge in [0, 0.05) is 19.9 Å². The van der Waals surface area contributed by atoms with E-state index >= 15 is 0 Å². The molecule has 0 saturated carbocycles. The van der Waals surface area contributed by atoms with E-state index in [9.17, 15) is 4.79 Å². The number of nitrogens with zero attached hydrogens (tertiary/aromatic N) is 3. The second-order valence-electron chi connectivity index (χ2n) is 4.06. The van der Waals surface area contributed by atoms with Crippen LogP contribution in [0.1, 0.15) is 17.3 Å². The Morgan fingerprint density at radius 2 is 2.35 bits per heavy atom. The fourth-order valence-corrected chi connectivity index (χ4v) is 1.80. The minimum absolute atomic E-state index is 0.0946. The van der Waals surface area contributed by atoms with Crippen LogP contribution in [0.4, 0.5) is 10.9 Å². The van der Waals surface area contributed by atoms with Gasteiger partial charge < -0.3 is 10.1 Å². The number of hydrogen-bond donors (Lipinski definition) is 2. The average molecular weight is 293 g/mol. The molecule has 0 aromatic carbocycles. The number of hydrogen-bond acceptors (Lipinski definition) is 7. The van der Waals surface area contributed by atoms with Crippen LogP contribution in [0.5, 0.6) is 0 Å². The molecule has 2 N–H and O–H groups in total. The summed E-state index contributed by atoms with van der Waals surface area (Å²) in [6, 6.07) is 3.45. The Hall–Kier alpha value is -2.06. The van der Waals surface area contributed by atoms with E-state index in [4.69, 9.17) is 4.74 Å². The summed E-state index contributed by atoms with van der Waals surface area (Å²) in [6.07, 6.45) is 1.60. The van der Waals surface area contributed by atoms with Crippen molar-refractivity contribution in [1.29, 1.82) is 0 Å². The third kappa shape index (κ3) is 3.97. The Morgan fingerprint density at radius 3 is 2.95 bits per heavy atom. The number of nitrogens with one attached hydrogen (secondary N) is 2. The van der Waals surface area contributed by atoms with Crippen LogP contribution in [0, 0.1) is 0 Å². The molecule has 0 radical (unpaired) electrons. The third-order valence-electron chi connectivity index (χ3n) is 2.58. The Balaban J connectivity index is 1.92. The summed E-state index contributed by atoms with van der Waals surface area (Å²) in [5, 5.41) is 13.6. The van der Waals surface area contributed by atoms with Crippen LogP contribution >= 0.6 is 11.3 Å². The van der Waals surface area contributed by atoms with Crippen LogP contribution in [0.3, 0.4) is 0 Å². The SMILES string of the molecule is COC(C)CNc1ccc(C(=O)Nc2nncs2)cn1. The lowest BCUT2D eigenvalue weighted by molar-refractivity contribution is 0.102. The van der Waals surface area contributed by atoms with Gasteiger partial charge in [0.2, 0.25) is 5.13 Å². The van der Waals surface area contributed by atoms with Gasteiger partial charge in [-0.05, 0) is 19.1 Å². The Morgan fingerprint density at radius 1 is 1.50 bits per heavy atom. The van der Waals surface area contributed by atoms with Gasteiger partial charge in [-0.25, -0.2) is 4.98 Å². The predicted molar refractivity (Wildman–Crippen MR) is 77.1 cm³/mol. The second kappa shape index (κ2) is 6.92. The molecule has 8 heteroatoms. The molecule has 7 nitrogen and oxygen atoms in total. The lowest BCUT2D eigenvalue weighted by atomic mass is 10.2. The highest BCUT2D eigenvalue weighted by Crippen LogP contribution is 2.11. The van der Waals surface area contributed by atoms with Gasteiger partial charge in [0.15, 0.2) is 0 Å². The normalized spacial score (nSPS) is 11.9. The first kappa shape index (κ1) is 14.4. The molecule has 0 saturated heterocycles. The van der Waals surface area contributed by atoms with Crippen LogP contribution in [0.2, 0.25) is 0 Å². The Kier molecular flexibility index (Phi) is 4.97. The summed E-state index contributed by atoms with van der Waals surface area (Å²) in [6.45, 7) is 2.61. The molecular weight excluding hydrogens is 278 g/mol. The zero-order chi connectivity index (χ0) is 14.4. The summed E-state index contributed by atoms with van der Waals surface area (Å²) in [5.74, 6) is 0.437. The maximum Gasteiger partial charge on any atom is 0.259 e. The molecule has 2 heterocycles. The number of ether oxygens (including phenoxy) is 1. The summed E-state index contributed by atoms with van der Waals surface area (Å²) in [5.41, 5.74) is 2.02. The molecule has 0 aliphatic carbocycles. The van der Waals surface area contributed by atoms with E-state index in [2.05, 4.69) is 25.8 Å². The van der Waals surface area contributed by atoms with Gasteiger partial charge in [-0.3, -0.25) is 10.1 Å². The molecule has 1 atom stereocenters. The van der Waals surface area contributed by atoms with Gasteiger partial charge in [-0.15, -0.1) is 10.2 Å². The van der Waals surface area contributed by atoms with Crippen LogP contribution in [0.25, 0.3) is 0 Å². The van der Waals surface area contributed by atoms with Crippen molar-refractivity contribution < 1.29 is 9.53 Å². The molecule has 0 aliphatic rings. The zero-order valence-electron chi connectivity index (χ0n) is 11.2. The van der Waals surface area contributed by atoms with Crippen molar-refractivity contribution in [3.63, 3.8) is 0 Å². The molecule has 0 fully saturated rings. The van der Waals surface area contributed by atoms with Crippen molar-refractivity contribution >= 4 is 28.2 Å². The van der Waals surface area contributed by atoms with Crippen molar-refractivity contribution in [1.82, 2.24) is 15.2 Å². The zero-order valence-corrected chi connectivity index (χ0v) is 12.0. The molecule has 20 heavy (non-hydrogen) atoms. The molecule has 0 aliphatic heterocycles. The van der Waals surface area contributed by atoms with E-state index in [1.807, 2.05) is 6.92 Å². The van der Waals surface area contributed by atoms with E-state index < -0.39 is 0 Å². The van der Waals surface area contributed by atoms with Crippen LogP contribution in [-0.2, 0) is 4.74 Å². The molecule has 2 aromatic heterocycles. The van der Waals surface area contributed by atoms with Crippen LogP contribution < -0.4 is 10.6 Å². The third-order valence-corrected chi connectivity index (χ3v) is 3.19. The lowest BCUT2D eigenvalue weighted by Gasteiger charge is -2.11. The van der Waals surface area contributed by atoms with E-state index in [-0.39, 0.29) is 12.0 Å². The van der Waals surface area contributed by atoms with Crippen molar-refractivity contribution in [3.8, 4) is 0 Å². The van der Waals surface area contributed by atoms with Crippen molar-refractivity contribution in [2.45, 2.75) is 13.0 Å². The number of aromatic nitrogens is 3. The van der Waals surface area contributed by atoms with Crippen molar-refractivity contribution in [2.75, 3.05) is 24.3 Å². The number of anilines is 2. The van der Waals surface area contributed by atoms with Crippen LogP contribution in [-0.4, -0.2) is 40.8 Å². The first-order chi connectivity index (χ1) is 9.69. The van der Waals surface area contributed by atoms with Gasteiger partial charge in [-0.1, -0.05) is 11.3 Å². The highest BCUT2D eigenvalue weighted by molar-refractivity contribution is 7.13. The molecule has 1 amide bonds. The fraction of sp³-hybridized carbons (Fsp3) is 0.333. The molecule has 106 valence electrons. The number of carbonyl (C=O) groups is 1. The van der Waals surface area contributed by atoms with Crippen molar-refractivity contribution in [2.24, 2.45) is 0 Å². The molecule has 2 rings (SSSR count). The molecule has 2 aromatic rings. The first-order valence-corrected chi connectivity index (χ1v) is 6.87. The second-order valence-corrected chi connectivity index (χ2v) is 4.89. The van der Waals surface area contributed by atoms with E-state index in [1.54, 1.807) is 24.8 Å². The monoisotopic (exact) mass is 293 g/mol. The highest BCUT2D eigenvalue weighted by atomic mass is 32.1.